The Morgan fingerprint density at radius 3 is 2.24 bits per heavy atom. The Morgan fingerprint density at radius 1 is 1.10 bits per heavy atom. The third-order valence-electron chi connectivity index (χ3n) is 3.72. The van der Waals surface area contributed by atoms with Crippen LogP contribution >= 0.6 is 0 Å². The molecule has 2 unspecified atom stereocenters. The standard InChI is InChI=1S/C17H30N2O2/c1-3-9-18-17(16-7-5-4-6-8-16)15(2)14-19(10-12-20)11-13-21/h4-8,15,17-18,20-21H,3,9-14H2,1-2H3. The van der Waals surface area contributed by atoms with Gasteiger partial charge in [-0.3, -0.25) is 4.90 Å². The molecule has 0 amide bonds. The fourth-order valence-corrected chi connectivity index (χ4v) is 2.70. The van der Waals surface area contributed by atoms with Crippen LogP contribution in [0.25, 0.3) is 0 Å². The predicted octanol–water partition coefficient (Wildman–Crippen LogP) is 1.65. The van der Waals surface area contributed by atoms with Crippen molar-refractivity contribution in [2.24, 2.45) is 5.92 Å². The van der Waals surface area contributed by atoms with Gasteiger partial charge in [-0.25, -0.2) is 0 Å². The molecule has 1 rings (SSSR count). The largest absolute Gasteiger partial charge is 0.395 e. The summed E-state index contributed by atoms with van der Waals surface area (Å²) in [7, 11) is 0. The Morgan fingerprint density at radius 2 is 1.71 bits per heavy atom. The summed E-state index contributed by atoms with van der Waals surface area (Å²) in [6.07, 6.45) is 1.10. The smallest absolute Gasteiger partial charge is 0.0558 e. The van der Waals surface area contributed by atoms with Crippen LogP contribution in [0.4, 0.5) is 0 Å². The minimum Gasteiger partial charge on any atom is -0.395 e. The number of hydrogen-bond donors (Lipinski definition) is 3. The highest BCUT2D eigenvalue weighted by Crippen LogP contribution is 2.22. The van der Waals surface area contributed by atoms with E-state index in [0.29, 0.717) is 25.0 Å². The van der Waals surface area contributed by atoms with Crippen molar-refractivity contribution in [2.75, 3.05) is 39.4 Å². The van der Waals surface area contributed by atoms with Gasteiger partial charge in [0.2, 0.25) is 0 Å². The van der Waals surface area contributed by atoms with Gasteiger partial charge in [-0.05, 0) is 24.4 Å². The number of nitrogens with zero attached hydrogens (tertiary/aromatic N) is 1. The zero-order valence-electron chi connectivity index (χ0n) is 13.3. The highest BCUT2D eigenvalue weighted by Gasteiger charge is 2.20. The van der Waals surface area contributed by atoms with E-state index < -0.39 is 0 Å². The molecule has 3 N–H and O–H groups in total. The van der Waals surface area contributed by atoms with Gasteiger partial charge in [0.1, 0.15) is 0 Å². The number of hydrogen-bond acceptors (Lipinski definition) is 4. The van der Waals surface area contributed by atoms with Gasteiger partial charge in [-0.15, -0.1) is 0 Å². The van der Waals surface area contributed by atoms with E-state index in [1.165, 1.54) is 5.56 Å². The van der Waals surface area contributed by atoms with Crippen LogP contribution in [0.2, 0.25) is 0 Å². The molecule has 0 saturated heterocycles. The summed E-state index contributed by atoms with van der Waals surface area (Å²) in [4.78, 5) is 2.12. The normalized spacial score (nSPS) is 14.3. The van der Waals surface area contributed by atoms with Crippen molar-refractivity contribution >= 4 is 0 Å². The first kappa shape index (κ1) is 18.1. The molecule has 0 radical (unpaired) electrons. The van der Waals surface area contributed by atoms with E-state index >= 15 is 0 Å². The molecule has 4 nitrogen and oxygen atoms in total. The molecule has 0 aliphatic carbocycles. The second-order valence-electron chi connectivity index (χ2n) is 5.57. The molecule has 4 heteroatoms. The molecule has 0 heterocycles. The van der Waals surface area contributed by atoms with Crippen LogP contribution in [0.5, 0.6) is 0 Å². The predicted molar refractivity (Wildman–Crippen MR) is 87.3 cm³/mol. The van der Waals surface area contributed by atoms with Gasteiger partial charge in [0.15, 0.2) is 0 Å². The van der Waals surface area contributed by atoms with Crippen molar-refractivity contribution in [3.63, 3.8) is 0 Å². The van der Waals surface area contributed by atoms with Crippen molar-refractivity contribution in [1.82, 2.24) is 10.2 Å². The molecule has 2 atom stereocenters. The van der Waals surface area contributed by atoms with E-state index in [0.717, 1.165) is 19.5 Å². The molecule has 0 bridgehead atoms. The van der Waals surface area contributed by atoms with Gasteiger partial charge in [0.05, 0.1) is 13.2 Å². The Hall–Kier alpha value is -0.940. The minimum atomic E-state index is 0.130. The molecular formula is C17H30N2O2. The van der Waals surface area contributed by atoms with Crippen LogP contribution in [-0.4, -0.2) is 54.5 Å². The highest BCUT2D eigenvalue weighted by molar-refractivity contribution is 5.19. The second-order valence-corrected chi connectivity index (χ2v) is 5.57. The van der Waals surface area contributed by atoms with E-state index in [1.54, 1.807) is 0 Å². The molecule has 0 aromatic heterocycles. The van der Waals surface area contributed by atoms with E-state index in [2.05, 4.69) is 48.3 Å². The van der Waals surface area contributed by atoms with Gasteiger partial charge in [0, 0.05) is 25.7 Å². The maximum absolute atomic E-state index is 9.13. The summed E-state index contributed by atoms with van der Waals surface area (Å²) < 4.78 is 0. The first-order valence-corrected chi connectivity index (χ1v) is 7.95. The Labute approximate surface area is 128 Å². The van der Waals surface area contributed by atoms with Crippen LogP contribution in [0, 0.1) is 5.92 Å². The highest BCUT2D eigenvalue weighted by atomic mass is 16.3. The second kappa shape index (κ2) is 10.7. The molecule has 0 aliphatic rings. The zero-order valence-corrected chi connectivity index (χ0v) is 13.3. The summed E-state index contributed by atoms with van der Waals surface area (Å²) >= 11 is 0. The van der Waals surface area contributed by atoms with Crippen LogP contribution in [0.1, 0.15) is 31.9 Å². The third kappa shape index (κ3) is 6.57. The first-order valence-electron chi connectivity index (χ1n) is 7.95. The van der Waals surface area contributed by atoms with Crippen molar-refractivity contribution in [2.45, 2.75) is 26.3 Å². The lowest BCUT2D eigenvalue weighted by atomic mass is 9.93. The van der Waals surface area contributed by atoms with Gasteiger partial charge >= 0.3 is 0 Å². The molecule has 1 aromatic carbocycles. The molecule has 120 valence electrons. The van der Waals surface area contributed by atoms with Crippen LogP contribution in [-0.2, 0) is 0 Å². The van der Waals surface area contributed by atoms with E-state index in [1.807, 2.05) is 6.07 Å². The summed E-state index contributed by atoms with van der Waals surface area (Å²) in [5.41, 5.74) is 1.30. The summed E-state index contributed by atoms with van der Waals surface area (Å²) in [5.74, 6) is 0.400. The summed E-state index contributed by atoms with van der Waals surface area (Å²) in [6.45, 7) is 7.73. The van der Waals surface area contributed by atoms with Crippen molar-refractivity contribution in [3.05, 3.63) is 35.9 Å². The minimum absolute atomic E-state index is 0.130. The average Bonchev–Trinajstić information content (AvgIpc) is 2.49. The fourth-order valence-electron chi connectivity index (χ4n) is 2.70. The Bertz CT molecular complexity index is 353. The number of nitrogens with one attached hydrogen (secondary N) is 1. The van der Waals surface area contributed by atoms with Gasteiger partial charge < -0.3 is 15.5 Å². The fraction of sp³-hybridized carbons (Fsp3) is 0.647. The Kier molecular flexibility index (Phi) is 9.26. The molecule has 0 saturated carbocycles. The van der Waals surface area contributed by atoms with Crippen molar-refractivity contribution < 1.29 is 10.2 Å². The lowest BCUT2D eigenvalue weighted by molar-refractivity contribution is 0.138. The molecule has 21 heavy (non-hydrogen) atoms. The maximum atomic E-state index is 9.13. The molecule has 1 aromatic rings. The molecule has 0 aliphatic heterocycles. The molecule has 0 spiro atoms. The number of rotatable bonds is 11. The molecule has 0 fully saturated rings. The van der Waals surface area contributed by atoms with Crippen LogP contribution in [0.15, 0.2) is 30.3 Å². The quantitative estimate of drug-likeness (QED) is 0.581. The van der Waals surface area contributed by atoms with Crippen LogP contribution in [0.3, 0.4) is 0 Å². The molecular weight excluding hydrogens is 264 g/mol. The van der Waals surface area contributed by atoms with E-state index in [9.17, 15) is 0 Å². The van der Waals surface area contributed by atoms with Crippen molar-refractivity contribution in [1.29, 1.82) is 0 Å². The SMILES string of the molecule is CCCNC(c1ccccc1)C(C)CN(CCO)CCO. The zero-order chi connectivity index (χ0) is 15.5. The topological polar surface area (TPSA) is 55.7 Å². The summed E-state index contributed by atoms with van der Waals surface area (Å²) in [6, 6.07) is 10.8. The lowest BCUT2D eigenvalue weighted by Crippen LogP contribution is -2.38. The third-order valence-corrected chi connectivity index (χ3v) is 3.72. The van der Waals surface area contributed by atoms with Crippen LogP contribution < -0.4 is 5.32 Å². The first-order chi connectivity index (χ1) is 10.2. The summed E-state index contributed by atoms with van der Waals surface area (Å²) in [5, 5.41) is 21.9. The Balaban J connectivity index is 2.72. The number of aliphatic hydroxyl groups excluding tert-OH is 2. The van der Waals surface area contributed by atoms with Gasteiger partial charge in [0.25, 0.3) is 0 Å². The van der Waals surface area contributed by atoms with E-state index in [-0.39, 0.29) is 13.2 Å². The number of benzene rings is 1. The maximum Gasteiger partial charge on any atom is 0.0558 e. The van der Waals surface area contributed by atoms with E-state index in [4.69, 9.17) is 10.2 Å². The van der Waals surface area contributed by atoms with Gasteiger partial charge in [-0.1, -0.05) is 44.2 Å². The van der Waals surface area contributed by atoms with Gasteiger partial charge in [-0.2, -0.15) is 0 Å². The monoisotopic (exact) mass is 294 g/mol. The average molecular weight is 294 g/mol. The number of aliphatic hydroxyl groups is 2. The van der Waals surface area contributed by atoms with Crippen molar-refractivity contribution in [3.8, 4) is 0 Å². The lowest BCUT2D eigenvalue weighted by Gasteiger charge is -2.31.